The number of nitrogens with zero attached hydrogens (tertiary/aromatic N) is 5. The minimum Gasteiger partial charge on any atom is -0.507 e. The first-order chi connectivity index (χ1) is 14.6. The number of aliphatic imine (C=N–C) groups is 2. The molecule has 0 aromatic heterocycles. The lowest BCUT2D eigenvalue weighted by atomic mass is 10.2. The van der Waals surface area contributed by atoms with E-state index in [0.29, 0.717) is 29.7 Å². The highest BCUT2D eigenvalue weighted by Crippen LogP contribution is 2.30. The van der Waals surface area contributed by atoms with Crippen LogP contribution in [0, 0.1) is 5.82 Å². The van der Waals surface area contributed by atoms with E-state index in [9.17, 15) is 9.50 Å². The summed E-state index contributed by atoms with van der Waals surface area (Å²) in [5.74, 6) is 0.512. The molecular formula is C22H24FN5OS. The van der Waals surface area contributed by atoms with Gasteiger partial charge in [-0.05, 0) is 61.0 Å². The zero-order valence-corrected chi connectivity index (χ0v) is 17.8. The molecule has 1 fully saturated rings. The van der Waals surface area contributed by atoms with Crippen LogP contribution < -0.4 is 4.90 Å². The van der Waals surface area contributed by atoms with Gasteiger partial charge >= 0.3 is 0 Å². The molecule has 1 aliphatic rings. The number of halogens is 1. The van der Waals surface area contributed by atoms with Crippen LogP contribution in [0.15, 0.2) is 68.7 Å². The highest BCUT2D eigenvalue weighted by Gasteiger charge is 2.34. The maximum atomic E-state index is 13.5. The normalized spacial score (nSPS) is 18.4. The molecule has 3 rings (SSSR count). The fourth-order valence-electron chi connectivity index (χ4n) is 2.66. The number of thioether (sulfide) groups is 1. The number of anilines is 1. The number of hydrogen-bond donors (Lipinski definition) is 1. The Morgan fingerprint density at radius 1 is 1.00 bits per heavy atom. The summed E-state index contributed by atoms with van der Waals surface area (Å²) in [5.41, 5.74) is 1.30. The van der Waals surface area contributed by atoms with E-state index in [1.54, 1.807) is 30.3 Å². The summed E-state index contributed by atoms with van der Waals surface area (Å²) in [6.45, 7) is 5.45. The number of hydrogen-bond acceptors (Lipinski definition) is 6. The van der Waals surface area contributed by atoms with Crippen LogP contribution in [0.3, 0.4) is 0 Å². The summed E-state index contributed by atoms with van der Waals surface area (Å²) < 4.78 is 13.5. The van der Waals surface area contributed by atoms with Gasteiger partial charge in [0.05, 0.1) is 6.21 Å². The van der Waals surface area contributed by atoms with Crippen LogP contribution in [0.2, 0.25) is 0 Å². The Labute approximate surface area is 180 Å². The first-order valence-corrected chi connectivity index (χ1v) is 10.7. The van der Waals surface area contributed by atoms with Gasteiger partial charge in [-0.15, -0.1) is 5.10 Å². The van der Waals surface area contributed by atoms with E-state index in [1.165, 1.54) is 30.1 Å². The smallest absolute Gasteiger partial charge is 0.202 e. The van der Waals surface area contributed by atoms with Crippen molar-refractivity contribution in [3.05, 3.63) is 59.9 Å². The minimum atomic E-state index is -0.311. The van der Waals surface area contributed by atoms with Crippen molar-refractivity contribution in [2.24, 2.45) is 20.2 Å². The molecule has 8 heteroatoms. The largest absolute Gasteiger partial charge is 0.507 e. The van der Waals surface area contributed by atoms with Crippen LogP contribution >= 0.6 is 11.8 Å². The van der Waals surface area contributed by atoms with E-state index in [0.717, 1.165) is 23.6 Å². The van der Waals surface area contributed by atoms with Crippen LogP contribution in [-0.2, 0) is 0 Å². The number of para-hydroxylation sites is 1. The molecule has 0 aliphatic carbocycles. The van der Waals surface area contributed by atoms with Crippen LogP contribution in [-0.4, -0.2) is 40.5 Å². The molecule has 2 aromatic carbocycles. The molecule has 1 heterocycles. The summed E-state index contributed by atoms with van der Waals surface area (Å²) in [5, 5.41) is 19.8. The predicted octanol–water partition coefficient (Wildman–Crippen LogP) is 5.09. The Bertz CT molecular complexity index is 985. The van der Waals surface area contributed by atoms with Crippen LogP contribution in [0.5, 0.6) is 5.75 Å². The first kappa shape index (κ1) is 21.7. The Morgan fingerprint density at radius 3 is 2.40 bits per heavy atom. The lowest BCUT2D eigenvalue weighted by Crippen LogP contribution is -2.31. The molecule has 2 aromatic rings. The maximum Gasteiger partial charge on any atom is 0.202 e. The van der Waals surface area contributed by atoms with E-state index < -0.39 is 0 Å². The minimum absolute atomic E-state index is 0.131. The number of benzene rings is 2. The first-order valence-electron chi connectivity index (χ1n) is 9.85. The van der Waals surface area contributed by atoms with Crippen molar-refractivity contribution in [3.8, 4) is 5.75 Å². The second kappa shape index (κ2) is 10.7. The number of rotatable bonds is 7. The second-order valence-corrected chi connectivity index (χ2v) is 7.45. The van der Waals surface area contributed by atoms with Gasteiger partial charge in [-0.2, -0.15) is 5.10 Å². The van der Waals surface area contributed by atoms with Crippen molar-refractivity contribution in [1.82, 2.24) is 0 Å². The Hall–Kier alpha value is -3.00. The van der Waals surface area contributed by atoms with Gasteiger partial charge in [-0.1, -0.05) is 26.0 Å². The van der Waals surface area contributed by atoms with Gasteiger partial charge in [0.2, 0.25) is 5.17 Å². The van der Waals surface area contributed by atoms with Crippen molar-refractivity contribution in [3.63, 3.8) is 0 Å². The topological polar surface area (TPSA) is 72.9 Å². The van der Waals surface area contributed by atoms with Crippen molar-refractivity contribution >= 4 is 39.7 Å². The molecule has 0 saturated carbocycles. The third-order valence-electron chi connectivity index (χ3n) is 4.11. The Kier molecular flexibility index (Phi) is 7.73. The molecular weight excluding hydrogens is 401 g/mol. The SMILES string of the molecule is CCCN=C1S/C(=N\N=C\c2ccccc2O)N(c2ccc(F)cc2)C1=NCCC. The monoisotopic (exact) mass is 425 g/mol. The van der Waals surface area contributed by atoms with Gasteiger partial charge in [0.1, 0.15) is 16.6 Å². The Balaban J connectivity index is 2.01. The second-order valence-electron chi connectivity index (χ2n) is 6.49. The molecule has 30 heavy (non-hydrogen) atoms. The summed E-state index contributed by atoms with van der Waals surface area (Å²) in [7, 11) is 0. The van der Waals surface area contributed by atoms with Gasteiger partial charge in [-0.25, -0.2) is 4.39 Å². The average Bonchev–Trinajstić information content (AvgIpc) is 3.09. The summed E-state index contributed by atoms with van der Waals surface area (Å²) in [6.07, 6.45) is 3.31. The molecule has 6 nitrogen and oxygen atoms in total. The number of aromatic hydroxyl groups is 1. The van der Waals surface area contributed by atoms with Gasteiger partial charge in [-0.3, -0.25) is 14.9 Å². The van der Waals surface area contributed by atoms with Gasteiger partial charge in [0.15, 0.2) is 5.84 Å². The molecule has 0 bridgehead atoms. The molecule has 0 spiro atoms. The molecule has 0 unspecified atom stereocenters. The predicted molar refractivity (Wildman–Crippen MR) is 125 cm³/mol. The lowest BCUT2D eigenvalue weighted by molar-refractivity contribution is 0.474. The maximum absolute atomic E-state index is 13.5. The molecule has 156 valence electrons. The van der Waals surface area contributed by atoms with Crippen molar-refractivity contribution in [2.45, 2.75) is 26.7 Å². The zero-order valence-electron chi connectivity index (χ0n) is 17.0. The third-order valence-corrected chi connectivity index (χ3v) is 5.06. The van der Waals surface area contributed by atoms with Crippen molar-refractivity contribution < 1.29 is 9.50 Å². The van der Waals surface area contributed by atoms with Gasteiger partial charge in [0.25, 0.3) is 0 Å². The molecule has 1 N–H and O–H groups in total. The van der Waals surface area contributed by atoms with Crippen LogP contribution in [0.25, 0.3) is 0 Å². The highest BCUT2D eigenvalue weighted by molar-refractivity contribution is 8.29. The third kappa shape index (κ3) is 5.33. The van der Waals surface area contributed by atoms with E-state index in [2.05, 4.69) is 29.0 Å². The van der Waals surface area contributed by atoms with Crippen molar-refractivity contribution in [2.75, 3.05) is 18.0 Å². The number of amidine groups is 2. The average molecular weight is 426 g/mol. The number of phenols is 1. The standard InChI is InChI=1S/C22H24FN5OS/c1-3-13-24-20-21(25-14-4-2)30-22(28(20)18-11-9-17(23)10-12-18)27-26-15-16-7-5-6-8-19(16)29/h5-12,15,29H,3-4,13-14H2,1-2H3/b24-20?,25-21?,26-15+,27-22-. The molecule has 0 amide bonds. The van der Waals surface area contributed by atoms with Gasteiger partial charge < -0.3 is 5.11 Å². The zero-order chi connectivity index (χ0) is 21.3. The van der Waals surface area contributed by atoms with E-state index in [-0.39, 0.29) is 11.6 Å². The lowest BCUT2D eigenvalue weighted by Gasteiger charge is -2.17. The van der Waals surface area contributed by atoms with Crippen LogP contribution in [0.4, 0.5) is 10.1 Å². The van der Waals surface area contributed by atoms with E-state index in [4.69, 9.17) is 4.99 Å². The fraction of sp³-hybridized carbons (Fsp3) is 0.273. The highest BCUT2D eigenvalue weighted by atomic mass is 32.2. The van der Waals surface area contributed by atoms with Crippen molar-refractivity contribution in [1.29, 1.82) is 0 Å². The summed E-state index contributed by atoms with van der Waals surface area (Å²) >= 11 is 1.38. The van der Waals surface area contributed by atoms with Crippen LogP contribution in [0.1, 0.15) is 32.3 Å². The summed E-state index contributed by atoms with van der Waals surface area (Å²) in [6, 6.07) is 13.1. The van der Waals surface area contributed by atoms with Gasteiger partial charge in [0, 0.05) is 24.3 Å². The molecule has 1 aliphatic heterocycles. The Morgan fingerprint density at radius 2 is 1.70 bits per heavy atom. The molecule has 0 radical (unpaired) electrons. The summed E-state index contributed by atoms with van der Waals surface area (Å²) in [4.78, 5) is 11.2. The quantitative estimate of drug-likeness (QED) is 0.496. The van der Waals surface area contributed by atoms with E-state index >= 15 is 0 Å². The van der Waals surface area contributed by atoms with E-state index in [1.807, 2.05) is 11.0 Å². The number of phenolic OH excluding ortho intramolecular Hbond substituents is 1. The molecule has 1 saturated heterocycles. The molecule has 0 atom stereocenters. The fourth-order valence-corrected chi connectivity index (χ4v) is 3.61.